The lowest BCUT2D eigenvalue weighted by atomic mass is 10.3. The number of nitrogens with zero attached hydrogens (tertiary/aromatic N) is 3. The predicted molar refractivity (Wildman–Crippen MR) is 62.9 cm³/mol. The summed E-state index contributed by atoms with van der Waals surface area (Å²) < 4.78 is 5.11. The van der Waals surface area contributed by atoms with Crippen molar-refractivity contribution in [3.8, 4) is 0 Å². The zero-order chi connectivity index (χ0) is 12.4. The fourth-order valence-electron chi connectivity index (χ4n) is 1.95. The number of amides is 1. The SMILES string of the molecule is O=C(NC1CC1)c1noc(CN2CCNCC2)n1. The molecule has 1 amide bonds. The highest BCUT2D eigenvalue weighted by Crippen LogP contribution is 2.18. The van der Waals surface area contributed by atoms with Gasteiger partial charge < -0.3 is 15.2 Å². The number of hydrogen-bond acceptors (Lipinski definition) is 6. The normalized spacial score (nSPS) is 20.9. The van der Waals surface area contributed by atoms with Gasteiger partial charge >= 0.3 is 0 Å². The van der Waals surface area contributed by atoms with E-state index >= 15 is 0 Å². The van der Waals surface area contributed by atoms with Crippen LogP contribution >= 0.6 is 0 Å². The van der Waals surface area contributed by atoms with Crippen LogP contribution in [0.1, 0.15) is 29.4 Å². The molecule has 1 aliphatic carbocycles. The number of nitrogens with one attached hydrogen (secondary N) is 2. The van der Waals surface area contributed by atoms with Crippen molar-refractivity contribution in [1.29, 1.82) is 0 Å². The summed E-state index contributed by atoms with van der Waals surface area (Å²) in [4.78, 5) is 18.0. The number of carbonyl (C=O) groups excluding carboxylic acids is 1. The molecule has 1 aliphatic heterocycles. The van der Waals surface area contributed by atoms with Gasteiger partial charge in [0.05, 0.1) is 6.54 Å². The highest BCUT2D eigenvalue weighted by atomic mass is 16.5. The Morgan fingerprint density at radius 2 is 2.22 bits per heavy atom. The van der Waals surface area contributed by atoms with Crippen molar-refractivity contribution in [2.45, 2.75) is 25.4 Å². The maximum absolute atomic E-state index is 11.7. The van der Waals surface area contributed by atoms with Crippen LogP contribution in [-0.4, -0.2) is 53.2 Å². The van der Waals surface area contributed by atoms with E-state index in [9.17, 15) is 4.79 Å². The van der Waals surface area contributed by atoms with Gasteiger partial charge in [-0.3, -0.25) is 9.69 Å². The molecular weight excluding hydrogens is 234 g/mol. The van der Waals surface area contributed by atoms with Crippen molar-refractivity contribution < 1.29 is 9.32 Å². The first kappa shape index (κ1) is 11.6. The van der Waals surface area contributed by atoms with Gasteiger partial charge in [-0.05, 0) is 12.8 Å². The Balaban J connectivity index is 1.56. The molecule has 7 heteroatoms. The van der Waals surface area contributed by atoms with E-state index in [0.717, 1.165) is 39.0 Å². The average molecular weight is 251 g/mol. The molecule has 0 bridgehead atoms. The predicted octanol–water partition coefficient (Wildman–Crippen LogP) is -0.633. The third kappa shape index (κ3) is 2.85. The van der Waals surface area contributed by atoms with Crippen LogP contribution in [0.3, 0.4) is 0 Å². The monoisotopic (exact) mass is 251 g/mol. The van der Waals surface area contributed by atoms with Crippen molar-refractivity contribution in [1.82, 2.24) is 25.7 Å². The van der Waals surface area contributed by atoms with Gasteiger partial charge in [-0.1, -0.05) is 5.16 Å². The van der Waals surface area contributed by atoms with E-state index in [0.29, 0.717) is 18.5 Å². The lowest BCUT2D eigenvalue weighted by Crippen LogP contribution is -2.42. The minimum absolute atomic E-state index is 0.145. The van der Waals surface area contributed by atoms with Gasteiger partial charge in [-0.2, -0.15) is 4.98 Å². The van der Waals surface area contributed by atoms with Crippen molar-refractivity contribution in [3.63, 3.8) is 0 Å². The van der Waals surface area contributed by atoms with Crippen LogP contribution in [0, 0.1) is 0 Å². The van der Waals surface area contributed by atoms with E-state index in [1.54, 1.807) is 0 Å². The molecule has 0 aromatic carbocycles. The molecule has 3 rings (SSSR count). The Morgan fingerprint density at radius 3 is 2.94 bits per heavy atom. The van der Waals surface area contributed by atoms with Crippen molar-refractivity contribution in [3.05, 3.63) is 11.7 Å². The zero-order valence-electron chi connectivity index (χ0n) is 10.2. The number of piperazine rings is 1. The molecular formula is C11H17N5O2. The first-order chi connectivity index (χ1) is 8.81. The second kappa shape index (κ2) is 5.03. The van der Waals surface area contributed by atoms with Crippen LogP contribution in [0.2, 0.25) is 0 Å². The molecule has 2 aliphatic rings. The van der Waals surface area contributed by atoms with E-state index in [-0.39, 0.29) is 11.7 Å². The fourth-order valence-corrected chi connectivity index (χ4v) is 1.95. The summed E-state index contributed by atoms with van der Waals surface area (Å²) in [5, 5.41) is 9.84. The number of aromatic nitrogens is 2. The first-order valence-corrected chi connectivity index (χ1v) is 6.38. The van der Waals surface area contributed by atoms with Crippen LogP contribution in [-0.2, 0) is 6.54 Å². The second-order valence-electron chi connectivity index (χ2n) is 4.79. The van der Waals surface area contributed by atoms with Gasteiger partial charge in [0.1, 0.15) is 0 Å². The molecule has 2 heterocycles. The van der Waals surface area contributed by atoms with Crippen LogP contribution in [0.4, 0.5) is 0 Å². The molecule has 1 aromatic heterocycles. The summed E-state index contributed by atoms with van der Waals surface area (Å²) in [6.07, 6.45) is 2.11. The highest BCUT2D eigenvalue weighted by Gasteiger charge is 2.26. The smallest absolute Gasteiger partial charge is 0.292 e. The van der Waals surface area contributed by atoms with Gasteiger partial charge in [0.25, 0.3) is 11.7 Å². The fraction of sp³-hybridized carbons (Fsp3) is 0.727. The Hall–Kier alpha value is -1.47. The van der Waals surface area contributed by atoms with E-state index in [2.05, 4.69) is 25.7 Å². The third-order valence-electron chi connectivity index (χ3n) is 3.15. The lowest BCUT2D eigenvalue weighted by molar-refractivity contribution is 0.0937. The number of hydrogen-bond donors (Lipinski definition) is 2. The van der Waals surface area contributed by atoms with Crippen molar-refractivity contribution >= 4 is 5.91 Å². The van der Waals surface area contributed by atoms with E-state index in [1.165, 1.54) is 0 Å². The summed E-state index contributed by atoms with van der Waals surface area (Å²) in [5.41, 5.74) is 0. The maximum Gasteiger partial charge on any atom is 0.292 e. The lowest BCUT2D eigenvalue weighted by Gasteiger charge is -2.25. The molecule has 18 heavy (non-hydrogen) atoms. The first-order valence-electron chi connectivity index (χ1n) is 6.38. The topological polar surface area (TPSA) is 83.3 Å². The van der Waals surface area contributed by atoms with E-state index < -0.39 is 0 Å². The molecule has 2 N–H and O–H groups in total. The van der Waals surface area contributed by atoms with Crippen LogP contribution in [0.25, 0.3) is 0 Å². The maximum atomic E-state index is 11.7. The molecule has 0 radical (unpaired) electrons. The van der Waals surface area contributed by atoms with Crippen LogP contribution in [0.15, 0.2) is 4.52 Å². The largest absolute Gasteiger partial charge is 0.346 e. The van der Waals surface area contributed by atoms with Crippen LogP contribution in [0.5, 0.6) is 0 Å². The molecule has 7 nitrogen and oxygen atoms in total. The minimum atomic E-state index is -0.229. The molecule has 1 saturated carbocycles. The molecule has 1 aromatic rings. The Labute approximate surface area is 105 Å². The summed E-state index contributed by atoms with van der Waals surface area (Å²) in [6.45, 7) is 4.50. The third-order valence-corrected chi connectivity index (χ3v) is 3.15. The average Bonchev–Trinajstić information content (AvgIpc) is 3.07. The summed E-state index contributed by atoms with van der Waals surface area (Å²) in [6, 6.07) is 0.313. The van der Waals surface area contributed by atoms with Gasteiger partial charge in [0, 0.05) is 32.2 Å². The van der Waals surface area contributed by atoms with Crippen LogP contribution < -0.4 is 10.6 Å². The molecule has 98 valence electrons. The standard InChI is InChI=1S/C11H17N5O2/c17-11(13-8-1-2-8)10-14-9(18-15-10)7-16-5-3-12-4-6-16/h8,12H,1-7H2,(H,13,17). The quantitative estimate of drug-likeness (QED) is 0.741. The highest BCUT2D eigenvalue weighted by molar-refractivity contribution is 5.90. The Bertz CT molecular complexity index is 423. The summed E-state index contributed by atoms with van der Waals surface area (Å²) >= 11 is 0. The van der Waals surface area contributed by atoms with Gasteiger partial charge in [0.15, 0.2) is 0 Å². The van der Waals surface area contributed by atoms with E-state index in [1.807, 2.05) is 0 Å². The molecule has 0 atom stereocenters. The van der Waals surface area contributed by atoms with Gasteiger partial charge in [-0.15, -0.1) is 0 Å². The zero-order valence-corrected chi connectivity index (χ0v) is 10.2. The van der Waals surface area contributed by atoms with E-state index in [4.69, 9.17) is 4.52 Å². The number of rotatable bonds is 4. The van der Waals surface area contributed by atoms with Gasteiger partial charge in [-0.25, -0.2) is 0 Å². The molecule has 1 saturated heterocycles. The Morgan fingerprint density at radius 1 is 1.44 bits per heavy atom. The summed E-state index contributed by atoms with van der Waals surface area (Å²) in [7, 11) is 0. The molecule has 2 fully saturated rings. The van der Waals surface area contributed by atoms with Crippen molar-refractivity contribution in [2.75, 3.05) is 26.2 Å². The van der Waals surface area contributed by atoms with Crippen molar-refractivity contribution in [2.24, 2.45) is 0 Å². The van der Waals surface area contributed by atoms with Gasteiger partial charge in [0.2, 0.25) is 5.89 Å². The second-order valence-corrected chi connectivity index (χ2v) is 4.79. The Kier molecular flexibility index (Phi) is 3.24. The number of carbonyl (C=O) groups is 1. The minimum Gasteiger partial charge on any atom is -0.346 e. The molecule has 0 unspecified atom stereocenters. The summed E-state index contributed by atoms with van der Waals surface area (Å²) in [5.74, 6) is 0.428. The molecule has 0 spiro atoms.